The lowest BCUT2D eigenvalue weighted by molar-refractivity contribution is -0.139. The zero-order valence-corrected chi connectivity index (χ0v) is 19.3. The first-order chi connectivity index (χ1) is 15.5. The summed E-state index contributed by atoms with van der Waals surface area (Å²) in [5.74, 6) is 1.62. The van der Waals surface area contributed by atoms with Gasteiger partial charge in [0.25, 0.3) is 0 Å². The summed E-state index contributed by atoms with van der Waals surface area (Å²) in [7, 11) is 3.30. The Bertz CT molecular complexity index is 1030. The maximum Gasteiger partial charge on any atom is 0.341 e. The van der Waals surface area contributed by atoms with Crippen molar-refractivity contribution in [1.82, 2.24) is 0 Å². The maximum atomic E-state index is 10.7. The highest BCUT2D eigenvalue weighted by molar-refractivity contribution is 7.99. The molecule has 0 saturated carbocycles. The van der Waals surface area contributed by atoms with Crippen LogP contribution in [-0.2, 0) is 4.79 Å². The van der Waals surface area contributed by atoms with Crippen molar-refractivity contribution in [2.75, 3.05) is 26.6 Å². The summed E-state index contributed by atoms with van der Waals surface area (Å²) in [6.45, 7) is -0.429. The van der Waals surface area contributed by atoms with Crippen LogP contribution in [0.5, 0.6) is 17.2 Å². The van der Waals surface area contributed by atoms with E-state index in [4.69, 9.17) is 30.9 Å². The topological polar surface area (TPSA) is 65.0 Å². The minimum Gasteiger partial charge on any atom is -0.497 e. The number of thioether (sulfide) groups is 1. The molecule has 0 spiro atoms. The molecule has 0 fully saturated rings. The fourth-order valence-corrected chi connectivity index (χ4v) is 4.10. The number of ether oxygens (including phenoxy) is 3. The molecular formula is C25H23ClO5S. The van der Waals surface area contributed by atoms with Gasteiger partial charge in [-0.15, -0.1) is 11.8 Å². The van der Waals surface area contributed by atoms with Crippen LogP contribution in [0.2, 0.25) is 5.02 Å². The van der Waals surface area contributed by atoms with Gasteiger partial charge in [-0.1, -0.05) is 41.9 Å². The standard InChI is InChI=1S/C25H23ClO5S/c1-29-19-7-3-17(4-8-19)22(18-5-9-20(30-2)10-6-18)13-14-32-21-11-12-24(23(26)15-21)31-16-25(27)28/h3-13,15H,14,16H2,1-2H3,(H,27,28). The van der Waals surface area contributed by atoms with Crippen LogP contribution in [0.4, 0.5) is 0 Å². The number of carboxylic acid groups (broad SMARTS) is 1. The summed E-state index contributed by atoms with van der Waals surface area (Å²) in [5.41, 5.74) is 3.24. The maximum absolute atomic E-state index is 10.7. The van der Waals surface area contributed by atoms with Gasteiger partial charge in [-0.3, -0.25) is 0 Å². The molecule has 0 aromatic heterocycles. The molecule has 32 heavy (non-hydrogen) atoms. The normalized spacial score (nSPS) is 10.3. The van der Waals surface area contributed by atoms with Crippen LogP contribution in [0.1, 0.15) is 11.1 Å². The molecule has 1 N–H and O–H groups in total. The predicted molar refractivity (Wildman–Crippen MR) is 128 cm³/mol. The summed E-state index contributed by atoms with van der Waals surface area (Å²) in [6.07, 6.45) is 2.16. The molecule has 0 unspecified atom stereocenters. The Hall–Kier alpha value is -3.09. The monoisotopic (exact) mass is 470 g/mol. The van der Waals surface area contributed by atoms with Crippen LogP contribution in [0.25, 0.3) is 5.57 Å². The third-order valence-corrected chi connectivity index (χ3v) is 5.81. The molecular weight excluding hydrogens is 448 g/mol. The van der Waals surface area contributed by atoms with Crippen LogP contribution in [0.3, 0.4) is 0 Å². The Balaban J connectivity index is 1.79. The molecule has 5 nitrogen and oxygen atoms in total. The fraction of sp³-hybridized carbons (Fsp3) is 0.160. The van der Waals surface area contributed by atoms with Crippen molar-refractivity contribution in [2.24, 2.45) is 0 Å². The van der Waals surface area contributed by atoms with Crippen LogP contribution < -0.4 is 14.2 Å². The Labute approximate surface area is 196 Å². The van der Waals surface area contributed by atoms with Crippen molar-refractivity contribution in [2.45, 2.75) is 4.90 Å². The van der Waals surface area contributed by atoms with E-state index in [0.29, 0.717) is 16.5 Å². The molecule has 0 atom stereocenters. The summed E-state index contributed by atoms with van der Waals surface area (Å²) in [6, 6.07) is 21.2. The first-order valence-corrected chi connectivity index (χ1v) is 11.1. The average Bonchev–Trinajstić information content (AvgIpc) is 2.81. The van der Waals surface area contributed by atoms with Gasteiger partial charge in [-0.2, -0.15) is 0 Å². The minimum atomic E-state index is -1.05. The number of methoxy groups -OCH3 is 2. The third kappa shape index (κ3) is 6.45. The highest BCUT2D eigenvalue weighted by atomic mass is 35.5. The number of hydrogen-bond donors (Lipinski definition) is 1. The van der Waals surface area contributed by atoms with E-state index in [9.17, 15) is 4.79 Å². The second kappa shape index (κ2) is 11.5. The second-order valence-corrected chi connectivity index (χ2v) is 8.16. The highest BCUT2D eigenvalue weighted by Crippen LogP contribution is 2.32. The summed E-state index contributed by atoms with van der Waals surface area (Å²) in [5, 5.41) is 9.12. The quantitative estimate of drug-likeness (QED) is 0.364. The van der Waals surface area contributed by atoms with Crippen molar-refractivity contribution in [3.63, 3.8) is 0 Å². The lowest BCUT2D eigenvalue weighted by Gasteiger charge is -2.11. The smallest absolute Gasteiger partial charge is 0.341 e. The average molecular weight is 471 g/mol. The van der Waals surface area contributed by atoms with E-state index < -0.39 is 12.6 Å². The molecule has 3 aromatic carbocycles. The van der Waals surface area contributed by atoms with E-state index in [1.807, 2.05) is 54.6 Å². The molecule has 0 saturated heterocycles. The molecule has 7 heteroatoms. The summed E-state index contributed by atoms with van der Waals surface area (Å²) < 4.78 is 15.7. The molecule has 0 bridgehead atoms. The van der Waals surface area contributed by atoms with Crippen LogP contribution in [0.15, 0.2) is 77.7 Å². The molecule has 0 heterocycles. The first-order valence-electron chi connectivity index (χ1n) is 9.76. The fourth-order valence-electron chi connectivity index (χ4n) is 2.99. The largest absolute Gasteiger partial charge is 0.497 e. The van der Waals surface area contributed by atoms with Gasteiger partial charge in [0.15, 0.2) is 6.61 Å². The van der Waals surface area contributed by atoms with Gasteiger partial charge in [-0.25, -0.2) is 4.79 Å². The molecule has 0 aliphatic heterocycles. The van der Waals surface area contributed by atoms with E-state index in [1.165, 1.54) is 0 Å². The number of carbonyl (C=O) groups is 1. The summed E-state index contributed by atoms with van der Waals surface area (Å²) >= 11 is 7.85. The Morgan fingerprint density at radius 1 is 0.938 bits per heavy atom. The number of rotatable bonds is 10. The van der Waals surface area contributed by atoms with E-state index in [-0.39, 0.29) is 0 Å². The Morgan fingerprint density at radius 3 is 1.97 bits per heavy atom. The summed E-state index contributed by atoms with van der Waals surface area (Å²) in [4.78, 5) is 11.6. The second-order valence-electron chi connectivity index (χ2n) is 6.66. The van der Waals surface area contributed by atoms with Crippen molar-refractivity contribution in [3.05, 3.63) is 89.0 Å². The molecule has 0 amide bonds. The number of carboxylic acids is 1. The van der Waals surface area contributed by atoms with Crippen molar-refractivity contribution in [3.8, 4) is 17.2 Å². The van der Waals surface area contributed by atoms with Crippen molar-refractivity contribution < 1.29 is 24.1 Å². The zero-order chi connectivity index (χ0) is 22.9. The minimum absolute atomic E-state index is 0.353. The van der Waals surface area contributed by atoms with Gasteiger partial charge >= 0.3 is 5.97 Å². The zero-order valence-electron chi connectivity index (χ0n) is 17.7. The van der Waals surface area contributed by atoms with Gasteiger partial charge in [0, 0.05) is 10.6 Å². The lowest BCUT2D eigenvalue weighted by Crippen LogP contribution is -2.09. The van der Waals surface area contributed by atoms with Gasteiger partial charge in [-0.05, 0) is 59.2 Å². The first kappa shape index (κ1) is 23.6. The molecule has 3 rings (SSSR count). The SMILES string of the molecule is COc1ccc(C(=CCSc2ccc(OCC(=O)O)c(Cl)c2)c2ccc(OC)cc2)cc1. The molecule has 0 aliphatic rings. The number of benzene rings is 3. The number of halogens is 1. The van der Waals surface area contributed by atoms with Crippen LogP contribution >= 0.6 is 23.4 Å². The number of aliphatic carboxylic acids is 1. The highest BCUT2D eigenvalue weighted by Gasteiger charge is 2.08. The Morgan fingerprint density at radius 2 is 1.50 bits per heavy atom. The van der Waals surface area contributed by atoms with Crippen LogP contribution in [0, 0.1) is 0 Å². The van der Waals surface area contributed by atoms with Gasteiger partial charge in [0.2, 0.25) is 0 Å². The number of hydrogen-bond acceptors (Lipinski definition) is 5. The lowest BCUT2D eigenvalue weighted by atomic mass is 9.97. The van der Waals surface area contributed by atoms with E-state index in [1.54, 1.807) is 38.1 Å². The van der Waals surface area contributed by atoms with Gasteiger partial charge in [0.1, 0.15) is 17.2 Å². The van der Waals surface area contributed by atoms with Crippen molar-refractivity contribution >= 4 is 34.9 Å². The van der Waals surface area contributed by atoms with E-state index in [2.05, 4.69) is 6.08 Å². The van der Waals surface area contributed by atoms with E-state index >= 15 is 0 Å². The molecule has 0 radical (unpaired) electrons. The molecule has 0 aliphatic carbocycles. The van der Waals surface area contributed by atoms with Gasteiger partial charge < -0.3 is 19.3 Å². The molecule has 166 valence electrons. The van der Waals surface area contributed by atoms with Crippen LogP contribution in [-0.4, -0.2) is 37.7 Å². The Kier molecular flexibility index (Phi) is 8.48. The predicted octanol–water partition coefficient (Wildman–Crippen LogP) is 6.04. The third-order valence-electron chi connectivity index (χ3n) is 4.59. The molecule has 3 aromatic rings. The van der Waals surface area contributed by atoms with Gasteiger partial charge in [0.05, 0.1) is 19.2 Å². The van der Waals surface area contributed by atoms with E-state index in [0.717, 1.165) is 33.1 Å². The van der Waals surface area contributed by atoms with Crippen molar-refractivity contribution in [1.29, 1.82) is 0 Å².